The quantitative estimate of drug-likeness (QED) is 0.625. The molecule has 0 bridgehead atoms. The lowest BCUT2D eigenvalue weighted by molar-refractivity contribution is -0.130. The van der Waals surface area contributed by atoms with Crippen molar-refractivity contribution in [2.24, 2.45) is 7.05 Å². The number of anilines is 1. The van der Waals surface area contributed by atoms with Crippen molar-refractivity contribution in [2.75, 3.05) is 11.9 Å². The Morgan fingerprint density at radius 2 is 1.60 bits per heavy atom. The monoisotopic (exact) mass is 404 g/mol. The number of nitrogens with zero attached hydrogens (tertiary/aromatic N) is 2. The smallest absolute Gasteiger partial charge is 0.279 e. The van der Waals surface area contributed by atoms with Crippen LogP contribution in [0.4, 0.5) is 5.69 Å². The number of Topliss-reactive ketones (excluding diaryl/α,β-unsaturated/α-hetero) is 1. The van der Waals surface area contributed by atoms with Gasteiger partial charge in [-0.3, -0.25) is 14.4 Å². The SMILES string of the molecule is CCc1c(OC2(CC)C(=O)c3ccccc3N(C)C2=O)c2ccccc2n(C)c1=O. The maximum atomic E-state index is 13.6. The zero-order chi connectivity index (χ0) is 21.6. The molecule has 0 saturated heterocycles. The lowest BCUT2D eigenvalue weighted by Gasteiger charge is -2.39. The van der Waals surface area contributed by atoms with E-state index in [9.17, 15) is 14.4 Å². The minimum atomic E-state index is -1.72. The van der Waals surface area contributed by atoms with Crippen molar-refractivity contribution < 1.29 is 14.3 Å². The summed E-state index contributed by atoms with van der Waals surface area (Å²) >= 11 is 0. The molecule has 0 N–H and O–H groups in total. The summed E-state index contributed by atoms with van der Waals surface area (Å²) in [5.74, 6) is -0.497. The van der Waals surface area contributed by atoms with Gasteiger partial charge in [-0.05, 0) is 30.7 Å². The number of likely N-dealkylation sites (N-methyl/N-ethyl adjacent to an activating group) is 1. The highest BCUT2D eigenvalue weighted by Crippen LogP contribution is 2.39. The largest absolute Gasteiger partial charge is 0.468 e. The van der Waals surface area contributed by atoms with Gasteiger partial charge < -0.3 is 14.2 Å². The van der Waals surface area contributed by atoms with Gasteiger partial charge in [-0.1, -0.05) is 38.1 Å². The van der Waals surface area contributed by atoms with Crippen LogP contribution in [0.2, 0.25) is 0 Å². The summed E-state index contributed by atoms with van der Waals surface area (Å²) in [5, 5.41) is 0.700. The first-order valence-corrected chi connectivity index (χ1v) is 10.1. The van der Waals surface area contributed by atoms with Gasteiger partial charge in [0.1, 0.15) is 5.75 Å². The first kappa shape index (κ1) is 19.9. The van der Waals surface area contributed by atoms with E-state index < -0.39 is 11.5 Å². The number of ether oxygens (including phenoxy) is 1. The number of rotatable bonds is 4. The molecule has 0 radical (unpaired) electrons. The summed E-state index contributed by atoms with van der Waals surface area (Å²) in [7, 11) is 3.36. The lowest BCUT2D eigenvalue weighted by atomic mass is 9.84. The molecular formula is C24H24N2O4. The Kier molecular flexibility index (Phi) is 4.73. The van der Waals surface area contributed by atoms with Gasteiger partial charge in [0.15, 0.2) is 0 Å². The fourth-order valence-electron chi connectivity index (χ4n) is 4.26. The summed E-state index contributed by atoms with van der Waals surface area (Å²) in [6.45, 7) is 3.62. The molecule has 154 valence electrons. The highest BCUT2D eigenvalue weighted by molar-refractivity contribution is 6.27. The summed E-state index contributed by atoms with van der Waals surface area (Å²) < 4.78 is 7.94. The van der Waals surface area contributed by atoms with E-state index in [2.05, 4.69) is 0 Å². The fraction of sp³-hybridized carbons (Fsp3) is 0.292. The number of fused-ring (bicyclic) bond motifs is 2. The Bertz CT molecular complexity index is 1240. The predicted molar refractivity (Wildman–Crippen MR) is 116 cm³/mol. The number of benzene rings is 2. The lowest BCUT2D eigenvalue weighted by Crippen LogP contribution is -2.60. The molecule has 1 aliphatic heterocycles. The Morgan fingerprint density at radius 1 is 0.933 bits per heavy atom. The molecule has 0 spiro atoms. The van der Waals surface area contributed by atoms with Crippen molar-refractivity contribution in [3.63, 3.8) is 0 Å². The number of aryl methyl sites for hydroxylation is 1. The molecule has 6 nitrogen and oxygen atoms in total. The number of pyridine rings is 1. The second-order valence-corrected chi connectivity index (χ2v) is 7.54. The van der Waals surface area contributed by atoms with Crippen LogP contribution >= 0.6 is 0 Å². The van der Waals surface area contributed by atoms with Crippen LogP contribution in [-0.4, -0.2) is 28.9 Å². The van der Waals surface area contributed by atoms with E-state index in [-0.39, 0.29) is 17.8 Å². The molecule has 0 fully saturated rings. The molecule has 1 unspecified atom stereocenters. The topological polar surface area (TPSA) is 68.6 Å². The van der Waals surface area contributed by atoms with E-state index >= 15 is 0 Å². The Hall–Kier alpha value is -3.41. The van der Waals surface area contributed by atoms with E-state index in [1.54, 1.807) is 49.9 Å². The van der Waals surface area contributed by atoms with Crippen molar-refractivity contribution in [3.05, 3.63) is 70.0 Å². The van der Waals surface area contributed by atoms with Crippen LogP contribution in [0, 0.1) is 0 Å². The van der Waals surface area contributed by atoms with Crippen molar-refractivity contribution in [1.29, 1.82) is 0 Å². The highest BCUT2D eigenvalue weighted by atomic mass is 16.5. The minimum absolute atomic E-state index is 0.149. The molecule has 1 atom stereocenters. The maximum Gasteiger partial charge on any atom is 0.279 e. The van der Waals surface area contributed by atoms with Crippen LogP contribution in [0.25, 0.3) is 10.9 Å². The molecule has 6 heteroatoms. The van der Waals surface area contributed by atoms with Gasteiger partial charge in [-0.25, -0.2) is 0 Å². The average molecular weight is 404 g/mol. The van der Waals surface area contributed by atoms with Crippen molar-refractivity contribution in [1.82, 2.24) is 4.57 Å². The molecule has 1 aliphatic rings. The van der Waals surface area contributed by atoms with E-state index in [0.717, 1.165) is 0 Å². The van der Waals surface area contributed by atoms with E-state index in [0.29, 0.717) is 39.9 Å². The maximum absolute atomic E-state index is 13.6. The number of carbonyl (C=O) groups excluding carboxylic acids is 2. The number of hydrogen-bond donors (Lipinski definition) is 0. The number of carbonyl (C=O) groups is 2. The number of para-hydroxylation sites is 2. The fourth-order valence-corrected chi connectivity index (χ4v) is 4.26. The molecule has 1 amide bonds. The Labute approximate surface area is 174 Å². The first-order chi connectivity index (χ1) is 14.4. The van der Waals surface area contributed by atoms with Gasteiger partial charge >= 0.3 is 0 Å². The van der Waals surface area contributed by atoms with Gasteiger partial charge in [-0.2, -0.15) is 0 Å². The number of ketones is 1. The third-order valence-corrected chi connectivity index (χ3v) is 6.00. The van der Waals surface area contributed by atoms with Crippen LogP contribution < -0.4 is 15.2 Å². The summed E-state index contributed by atoms with van der Waals surface area (Å²) in [4.78, 5) is 41.5. The zero-order valence-corrected chi connectivity index (χ0v) is 17.6. The summed E-state index contributed by atoms with van der Waals surface area (Å²) in [5.41, 5.74) is 0.221. The van der Waals surface area contributed by atoms with Gasteiger partial charge in [-0.15, -0.1) is 0 Å². The highest BCUT2D eigenvalue weighted by Gasteiger charge is 2.53. The molecule has 3 aromatic rings. The number of aromatic nitrogens is 1. The molecule has 30 heavy (non-hydrogen) atoms. The van der Waals surface area contributed by atoms with E-state index in [1.165, 1.54) is 4.90 Å². The van der Waals surface area contributed by atoms with E-state index in [1.807, 2.05) is 31.2 Å². The van der Waals surface area contributed by atoms with Crippen molar-refractivity contribution in [3.8, 4) is 5.75 Å². The van der Waals surface area contributed by atoms with Gasteiger partial charge in [0.2, 0.25) is 11.4 Å². The minimum Gasteiger partial charge on any atom is -0.468 e. The van der Waals surface area contributed by atoms with Gasteiger partial charge in [0.05, 0.1) is 16.8 Å². The van der Waals surface area contributed by atoms with E-state index in [4.69, 9.17) is 4.74 Å². The average Bonchev–Trinajstić information content (AvgIpc) is 2.78. The van der Waals surface area contributed by atoms with Crippen molar-refractivity contribution in [2.45, 2.75) is 32.3 Å². The number of hydrogen-bond acceptors (Lipinski definition) is 4. The molecule has 0 aliphatic carbocycles. The first-order valence-electron chi connectivity index (χ1n) is 10.1. The second-order valence-electron chi connectivity index (χ2n) is 7.54. The molecule has 4 rings (SSSR count). The Morgan fingerprint density at radius 3 is 2.30 bits per heavy atom. The molecule has 2 heterocycles. The van der Waals surface area contributed by atoms with Crippen LogP contribution in [-0.2, 0) is 18.3 Å². The third-order valence-electron chi connectivity index (χ3n) is 6.00. The summed E-state index contributed by atoms with van der Waals surface area (Å²) in [6, 6.07) is 14.4. The van der Waals surface area contributed by atoms with Crippen LogP contribution in [0.5, 0.6) is 5.75 Å². The second kappa shape index (κ2) is 7.13. The van der Waals surface area contributed by atoms with Crippen molar-refractivity contribution >= 4 is 28.3 Å². The zero-order valence-electron chi connectivity index (χ0n) is 17.6. The Balaban J connectivity index is 1.99. The van der Waals surface area contributed by atoms with Gasteiger partial charge in [0, 0.05) is 31.5 Å². The molecule has 1 aromatic heterocycles. The predicted octanol–water partition coefficient (Wildman–Crippen LogP) is 3.49. The van der Waals surface area contributed by atoms with Crippen LogP contribution in [0.1, 0.15) is 36.2 Å². The van der Waals surface area contributed by atoms with Gasteiger partial charge in [0.25, 0.3) is 11.5 Å². The van der Waals surface area contributed by atoms with Crippen LogP contribution in [0.3, 0.4) is 0 Å². The normalized spacial score (nSPS) is 18.6. The number of amides is 1. The summed E-state index contributed by atoms with van der Waals surface area (Å²) in [6.07, 6.45) is 0.567. The molecule has 2 aromatic carbocycles. The third kappa shape index (κ3) is 2.60. The molecule has 0 saturated carbocycles. The molecular weight excluding hydrogens is 380 g/mol. The van der Waals surface area contributed by atoms with Crippen LogP contribution in [0.15, 0.2) is 53.3 Å². The standard InChI is InChI=1S/C24H24N2O4/c1-5-15-20(16-11-7-9-13-18(16)25(3)22(15)28)30-24(6-2)21(27)17-12-8-10-14-19(17)26(4)23(24)29/h7-14H,5-6H2,1-4H3.